The Labute approximate surface area is 126 Å². The number of benzene rings is 1. The van der Waals surface area contributed by atoms with Crippen molar-refractivity contribution in [3.05, 3.63) is 34.3 Å². The molecule has 0 aromatic heterocycles. The molecule has 0 heterocycles. The van der Waals surface area contributed by atoms with E-state index in [9.17, 15) is 14.7 Å². The first-order chi connectivity index (χ1) is 9.31. The Morgan fingerprint density at radius 3 is 2.50 bits per heavy atom. The van der Waals surface area contributed by atoms with E-state index in [0.29, 0.717) is 5.56 Å². The number of amides is 1. The summed E-state index contributed by atoms with van der Waals surface area (Å²) in [4.78, 5) is 23.1. The zero-order chi connectivity index (χ0) is 15.3. The topological polar surface area (TPSA) is 75.6 Å². The lowest BCUT2D eigenvalue weighted by Gasteiger charge is -2.23. The van der Waals surface area contributed by atoms with E-state index in [-0.39, 0.29) is 12.0 Å². The summed E-state index contributed by atoms with van der Waals surface area (Å²) in [7, 11) is 0. The first-order valence-electron chi connectivity index (χ1n) is 6.22. The third kappa shape index (κ3) is 4.94. The van der Waals surface area contributed by atoms with Gasteiger partial charge in [0.1, 0.15) is 0 Å². The second kappa shape index (κ2) is 7.40. The summed E-state index contributed by atoms with van der Waals surface area (Å²) in [6.45, 7) is 4.71. The zero-order valence-corrected chi connectivity index (χ0v) is 13.2. The average molecular weight is 344 g/mol. The van der Waals surface area contributed by atoms with Crippen LogP contribution in [0.1, 0.15) is 32.4 Å². The highest BCUT2D eigenvalue weighted by Crippen LogP contribution is 2.22. The lowest BCUT2D eigenvalue weighted by atomic mass is 10.0. The van der Waals surface area contributed by atoms with Crippen molar-refractivity contribution in [2.45, 2.75) is 39.0 Å². The molecule has 6 heteroatoms. The van der Waals surface area contributed by atoms with E-state index in [2.05, 4.69) is 21.2 Å². The van der Waals surface area contributed by atoms with Crippen molar-refractivity contribution in [3.8, 4) is 0 Å². The number of rotatable bonds is 5. The second-order valence-electron chi connectivity index (χ2n) is 4.66. The number of ether oxygens (including phenoxy) is 1. The molecule has 0 fully saturated rings. The second-order valence-corrected chi connectivity index (χ2v) is 5.58. The molecule has 1 rings (SSSR count). The van der Waals surface area contributed by atoms with E-state index in [1.807, 2.05) is 6.07 Å². The van der Waals surface area contributed by atoms with Crippen LogP contribution in [0, 0.1) is 0 Å². The van der Waals surface area contributed by atoms with Gasteiger partial charge in [0.05, 0.1) is 12.1 Å². The zero-order valence-electron chi connectivity index (χ0n) is 11.6. The van der Waals surface area contributed by atoms with Crippen LogP contribution in [0.15, 0.2) is 28.7 Å². The normalized spacial score (nSPS) is 13.7. The average Bonchev–Trinajstić information content (AvgIpc) is 2.34. The number of carbonyl (C=O) groups is 2. The highest BCUT2D eigenvalue weighted by Gasteiger charge is 2.30. The number of carbonyl (C=O) groups excluding carboxylic acids is 2. The highest BCUT2D eigenvalue weighted by molar-refractivity contribution is 9.10. The largest absolute Gasteiger partial charge is 0.461 e. The SMILES string of the molecule is CC(=O)N[C@H](c1cccc(Br)c1)[C@H](O)C(=O)OC(C)C. The van der Waals surface area contributed by atoms with Crippen LogP contribution < -0.4 is 5.32 Å². The Hall–Kier alpha value is -1.40. The summed E-state index contributed by atoms with van der Waals surface area (Å²) in [5.74, 6) is -1.11. The molecular weight excluding hydrogens is 326 g/mol. The molecule has 0 bridgehead atoms. The van der Waals surface area contributed by atoms with Gasteiger partial charge in [0, 0.05) is 11.4 Å². The van der Waals surface area contributed by atoms with Crippen molar-refractivity contribution in [2.24, 2.45) is 0 Å². The summed E-state index contributed by atoms with van der Waals surface area (Å²) in [6, 6.07) is 6.17. The van der Waals surface area contributed by atoms with Gasteiger partial charge in [-0.2, -0.15) is 0 Å². The quantitative estimate of drug-likeness (QED) is 0.801. The van der Waals surface area contributed by atoms with Gasteiger partial charge in [-0.15, -0.1) is 0 Å². The Morgan fingerprint density at radius 2 is 2.00 bits per heavy atom. The molecule has 0 saturated heterocycles. The Morgan fingerprint density at radius 1 is 1.35 bits per heavy atom. The highest BCUT2D eigenvalue weighted by atomic mass is 79.9. The van der Waals surface area contributed by atoms with Crippen LogP contribution in [0.3, 0.4) is 0 Å². The Bertz CT molecular complexity index is 490. The number of aliphatic hydroxyl groups excluding tert-OH is 1. The molecule has 0 aliphatic rings. The van der Waals surface area contributed by atoms with Crippen LogP contribution >= 0.6 is 15.9 Å². The van der Waals surface area contributed by atoms with Gasteiger partial charge in [0.25, 0.3) is 0 Å². The standard InChI is InChI=1S/C14H18BrNO4/c1-8(2)20-14(19)13(18)12(16-9(3)17)10-5-4-6-11(15)7-10/h4-8,12-13,18H,1-3H3,(H,16,17)/t12-,13+/m1/s1. The molecule has 0 unspecified atom stereocenters. The molecule has 1 aromatic rings. The van der Waals surface area contributed by atoms with Gasteiger partial charge in [-0.3, -0.25) is 4.79 Å². The summed E-state index contributed by atoms with van der Waals surface area (Å²) in [5, 5.41) is 12.7. The van der Waals surface area contributed by atoms with Gasteiger partial charge in [0.15, 0.2) is 6.10 Å². The summed E-state index contributed by atoms with van der Waals surface area (Å²) in [5.41, 5.74) is 0.614. The lowest BCUT2D eigenvalue weighted by Crippen LogP contribution is -2.41. The molecule has 0 saturated carbocycles. The van der Waals surface area contributed by atoms with Crippen LogP contribution in [0.25, 0.3) is 0 Å². The molecule has 2 N–H and O–H groups in total. The number of esters is 1. The molecule has 0 aliphatic carbocycles. The number of halogens is 1. The smallest absolute Gasteiger partial charge is 0.337 e. The van der Waals surface area contributed by atoms with E-state index in [4.69, 9.17) is 4.74 Å². The van der Waals surface area contributed by atoms with Gasteiger partial charge in [-0.1, -0.05) is 28.1 Å². The number of hydrogen-bond acceptors (Lipinski definition) is 4. The van der Waals surface area contributed by atoms with E-state index >= 15 is 0 Å². The van der Waals surface area contributed by atoms with E-state index < -0.39 is 18.1 Å². The van der Waals surface area contributed by atoms with Crippen LogP contribution in [0.4, 0.5) is 0 Å². The molecule has 20 heavy (non-hydrogen) atoms. The van der Waals surface area contributed by atoms with Gasteiger partial charge >= 0.3 is 5.97 Å². The molecule has 2 atom stereocenters. The van der Waals surface area contributed by atoms with E-state index in [1.165, 1.54) is 6.92 Å². The van der Waals surface area contributed by atoms with E-state index in [0.717, 1.165) is 4.47 Å². The summed E-state index contributed by atoms with van der Waals surface area (Å²) in [6.07, 6.45) is -1.80. The third-order valence-corrected chi connectivity index (χ3v) is 2.97. The van der Waals surface area contributed by atoms with Crippen molar-refractivity contribution >= 4 is 27.8 Å². The maximum Gasteiger partial charge on any atom is 0.337 e. The van der Waals surface area contributed by atoms with Gasteiger partial charge in [0.2, 0.25) is 5.91 Å². The Kier molecular flexibility index (Phi) is 6.16. The molecule has 5 nitrogen and oxygen atoms in total. The maximum absolute atomic E-state index is 11.8. The number of nitrogens with one attached hydrogen (secondary N) is 1. The van der Waals surface area contributed by atoms with Crippen molar-refractivity contribution in [1.29, 1.82) is 0 Å². The fraction of sp³-hybridized carbons (Fsp3) is 0.429. The van der Waals surface area contributed by atoms with Crippen LogP contribution in [-0.4, -0.2) is 29.2 Å². The van der Waals surface area contributed by atoms with Crippen molar-refractivity contribution < 1.29 is 19.4 Å². The molecule has 1 aromatic carbocycles. The minimum absolute atomic E-state index is 0.336. The van der Waals surface area contributed by atoms with Crippen molar-refractivity contribution in [3.63, 3.8) is 0 Å². The predicted octanol–water partition coefficient (Wildman–Crippen LogP) is 1.94. The van der Waals surface area contributed by atoms with Crippen molar-refractivity contribution in [1.82, 2.24) is 5.32 Å². The molecule has 0 aliphatic heterocycles. The molecule has 0 radical (unpaired) electrons. The van der Waals surface area contributed by atoms with Crippen LogP contribution in [-0.2, 0) is 14.3 Å². The fourth-order valence-corrected chi connectivity index (χ4v) is 2.12. The van der Waals surface area contributed by atoms with Crippen LogP contribution in [0.5, 0.6) is 0 Å². The molecule has 110 valence electrons. The summed E-state index contributed by atoms with van der Waals surface area (Å²) < 4.78 is 5.76. The number of hydrogen-bond donors (Lipinski definition) is 2. The van der Waals surface area contributed by atoms with Gasteiger partial charge in [-0.05, 0) is 31.5 Å². The minimum atomic E-state index is -1.46. The van der Waals surface area contributed by atoms with E-state index in [1.54, 1.807) is 32.0 Å². The molecular formula is C14H18BrNO4. The first kappa shape index (κ1) is 16.7. The Balaban J connectivity index is 3.00. The minimum Gasteiger partial charge on any atom is -0.461 e. The fourth-order valence-electron chi connectivity index (χ4n) is 1.70. The molecule has 0 spiro atoms. The number of aliphatic hydroxyl groups is 1. The predicted molar refractivity (Wildman–Crippen MR) is 77.9 cm³/mol. The van der Waals surface area contributed by atoms with Crippen LogP contribution in [0.2, 0.25) is 0 Å². The lowest BCUT2D eigenvalue weighted by molar-refractivity contribution is -0.159. The van der Waals surface area contributed by atoms with Gasteiger partial charge < -0.3 is 15.2 Å². The first-order valence-corrected chi connectivity index (χ1v) is 7.01. The monoisotopic (exact) mass is 343 g/mol. The third-order valence-electron chi connectivity index (χ3n) is 2.48. The van der Waals surface area contributed by atoms with Gasteiger partial charge in [-0.25, -0.2) is 4.79 Å². The molecule has 1 amide bonds. The maximum atomic E-state index is 11.8. The van der Waals surface area contributed by atoms with Crippen molar-refractivity contribution in [2.75, 3.05) is 0 Å². The summed E-state index contributed by atoms with van der Waals surface area (Å²) >= 11 is 3.31.